The summed E-state index contributed by atoms with van der Waals surface area (Å²) in [6.45, 7) is 4.57. The molecule has 0 fully saturated rings. The second-order valence-corrected chi connectivity index (χ2v) is 7.58. The van der Waals surface area contributed by atoms with Gasteiger partial charge < -0.3 is 15.0 Å². The van der Waals surface area contributed by atoms with Crippen LogP contribution in [0.25, 0.3) is 0 Å². The molecule has 1 N–H and O–H groups in total. The molecule has 0 saturated carbocycles. The lowest BCUT2D eigenvalue weighted by Crippen LogP contribution is -2.48. The van der Waals surface area contributed by atoms with Crippen LogP contribution < -0.4 is 10.1 Å². The van der Waals surface area contributed by atoms with Crippen LogP contribution >= 0.6 is 23.2 Å². The van der Waals surface area contributed by atoms with Gasteiger partial charge in [0.2, 0.25) is 11.8 Å². The molecule has 2 amide bonds. The van der Waals surface area contributed by atoms with E-state index in [2.05, 4.69) is 5.32 Å². The number of carbonyl (C=O) groups is 2. The molecule has 0 heterocycles. The van der Waals surface area contributed by atoms with Crippen molar-refractivity contribution in [3.05, 3.63) is 63.6 Å². The van der Waals surface area contributed by atoms with E-state index in [0.29, 0.717) is 22.3 Å². The number of rotatable bonds is 9. The Morgan fingerprint density at radius 2 is 1.86 bits per heavy atom. The highest BCUT2D eigenvalue weighted by atomic mass is 35.5. The SMILES string of the molecule is CCCNC(=O)[C@@H](C)N(Cc1cccc(OC)c1)C(=O)Cc1ccc(Cl)c(Cl)c1. The van der Waals surface area contributed by atoms with Crippen molar-refractivity contribution in [1.82, 2.24) is 10.2 Å². The summed E-state index contributed by atoms with van der Waals surface area (Å²) in [6.07, 6.45) is 0.942. The highest BCUT2D eigenvalue weighted by Crippen LogP contribution is 2.23. The Bertz CT molecular complexity index is 858. The summed E-state index contributed by atoms with van der Waals surface area (Å²) in [7, 11) is 1.59. The van der Waals surface area contributed by atoms with Crippen LogP contribution in [0.1, 0.15) is 31.4 Å². The summed E-state index contributed by atoms with van der Waals surface area (Å²) in [5.41, 5.74) is 1.61. The molecule has 0 spiro atoms. The Labute approximate surface area is 181 Å². The lowest BCUT2D eigenvalue weighted by atomic mass is 10.1. The van der Waals surface area contributed by atoms with Gasteiger partial charge in [0.15, 0.2) is 0 Å². The first-order valence-corrected chi connectivity index (χ1v) is 10.2. The lowest BCUT2D eigenvalue weighted by molar-refractivity contribution is -0.140. The predicted octanol–water partition coefficient (Wildman–Crippen LogP) is 4.49. The first-order valence-electron chi connectivity index (χ1n) is 9.49. The van der Waals surface area contributed by atoms with E-state index in [-0.39, 0.29) is 24.8 Å². The van der Waals surface area contributed by atoms with Crippen LogP contribution in [-0.4, -0.2) is 36.4 Å². The summed E-state index contributed by atoms with van der Waals surface area (Å²) in [5, 5.41) is 3.69. The molecule has 29 heavy (non-hydrogen) atoms. The molecule has 0 aliphatic rings. The molecular weight excluding hydrogens is 411 g/mol. The van der Waals surface area contributed by atoms with Crippen molar-refractivity contribution in [3.63, 3.8) is 0 Å². The maximum absolute atomic E-state index is 13.1. The fraction of sp³-hybridized carbons (Fsp3) is 0.364. The zero-order valence-electron chi connectivity index (χ0n) is 16.9. The van der Waals surface area contributed by atoms with E-state index in [4.69, 9.17) is 27.9 Å². The van der Waals surface area contributed by atoms with Gasteiger partial charge in [-0.2, -0.15) is 0 Å². The topological polar surface area (TPSA) is 58.6 Å². The van der Waals surface area contributed by atoms with Crippen LogP contribution in [-0.2, 0) is 22.6 Å². The standard InChI is InChI=1S/C22H26Cl2N2O3/c1-4-10-25-22(28)15(2)26(14-17-6-5-7-18(11-17)29-3)21(27)13-16-8-9-19(23)20(24)12-16/h5-9,11-12,15H,4,10,13-14H2,1-3H3,(H,25,28)/t15-/m1/s1. The number of carbonyl (C=O) groups excluding carboxylic acids is 2. The van der Waals surface area contributed by atoms with E-state index in [0.717, 1.165) is 17.5 Å². The normalized spacial score (nSPS) is 11.6. The van der Waals surface area contributed by atoms with E-state index in [1.54, 1.807) is 37.1 Å². The number of benzene rings is 2. The number of amides is 2. The number of halogens is 2. The molecule has 0 aromatic heterocycles. The van der Waals surface area contributed by atoms with Crippen LogP contribution in [0.4, 0.5) is 0 Å². The van der Waals surface area contributed by atoms with Gasteiger partial charge in [0.1, 0.15) is 11.8 Å². The molecule has 0 aliphatic heterocycles. The Morgan fingerprint density at radius 1 is 1.10 bits per heavy atom. The van der Waals surface area contributed by atoms with Crippen molar-refractivity contribution < 1.29 is 14.3 Å². The van der Waals surface area contributed by atoms with Gasteiger partial charge in [0, 0.05) is 13.1 Å². The van der Waals surface area contributed by atoms with Crippen molar-refractivity contribution in [3.8, 4) is 5.75 Å². The Hall–Kier alpha value is -2.24. The van der Waals surface area contributed by atoms with Crippen molar-refractivity contribution in [2.75, 3.05) is 13.7 Å². The first-order chi connectivity index (χ1) is 13.8. The van der Waals surface area contributed by atoms with E-state index in [1.807, 2.05) is 31.2 Å². The fourth-order valence-electron chi connectivity index (χ4n) is 2.87. The number of hydrogen-bond acceptors (Lipinski definition) is 3. The zero-order chi connectivity index (χ0) is 21.4. The van der Waals surface area contributed by atoms with Gasteiger partial charge in [-0.05, 0) is 48.7 Å². The Balaban J connectivity index is 2.25. The second kappa shape index (κ2) is 11.1. The van der Waals surface area contributed by atoms with Crippen LogP contribution in [0.3, 0.4) is 0 Å². The average Bonchev–Trinajstić information content (AvgIpc) is 2.72. The maximum atomic E-state index is 13.1. The first kappa shape index (κ1) is 23.0. The average molecular weight is 437 g/mol. The molecule has 2 aromatic carbocycles. The number of hydrogen-bond donors (Lipinski definition) is 1. The van der Waals surface area contributed by atoms with Crippen LogP contribution in [0.15, 0.2) is 42.5 Å². The minimum Gasteiger partial charge on any atom is -0.497 e. The quantitative estimate of drug-likeness (QED) is 0.629. The third-order valence-corrected chi connectivity index (χ3v) is 5.28. The van der Waals surface area contributed by atoms with Crippen molar-refractivity contribution in [2.45, 2.75) is 39.3 Å². The van der Waals surface area contributed by atoms with Gasteiger partial charge >= 0.3 is 0 Å². The molecule has 0 bridgehead atoms. The van der Waals surface area contributed by atoms with Crippen LogP contribution in [0.5, 0.6) is 5.75 Å². The molecule has 0 radical (unpaired) electrons. The molecule has 5 nitrogen and oxygen atoms in total. The van der Waals surface area contributed by atoms with Gasteiger partial charge in [-0.15, -0.1) is 0 Å². The molecule has 2 rings (SSSR count). The fourth-order valence-corrected chi connectivity index (χ4v) is 3.19. The van der Waals surface area contributed by atoms with Gasteiger partial charge in [-0.25, -0.2) is 0 Å². The minimum absolute atomic E-state index is 0.117. The molecule has 2 aromatic rings. The van der Waals surface area contributed by atoms with Crippen molar-refractivity contribution in [2.24, 2.45) is 0 Å². The minimum atomic E-state index is -0.622. The Kier molecular flexibility index (Phi) is 8.80. The molecule has 0 aliphatic carbocycles. The van der Waals surface area contributed by atoms with Crippen LogP contribution in [0, 0.1) is 0 Å². The number of methoxy groups -OCH3 is 1. The van der Waals surface area contributed by atoms with Crippen LogP contribution in [0.2, 0.25) is 10.0 Å². The lowest BCUT2D eigenvalue weighted by Gasteiger charge is -2.29. The van der Waals surface area contributed by atoms with Gasteiger partial charge in [0.05, 0.1) is 23.6 Å². The summed E-state index contributed by atoms with van der Waals surface area (Å²) >= 11 is 12.0. The van der Waals surface area contributed by atoms with E-state index in [9.17, 15) is 9.59 Å². The summed E-state index contributed by atoms with van der Waals surface area (Å²) in [4.78, 5) is 27.2. The van der Waals surface area contributed by atoms with Gasteiger partial charge in [0.25, 0.3) is 0 Å². The number of nitrogens with one attached hydrogen (secondary N) is 1. The summed E-state index contributed by atoms with van der Waals surface area (Å²) in [6, 6.07) is 11.9. The molecule has 0 unspecified atom stereocenters. The second-order valence-electron chi connectivity index (χ2n) is 6.77. The van der Waals surface area contributed by atoms with Crippen molar-refractivity contribution in [1.29, 1.82) is 0 Å². The van der Waals surface area contributed by atoms with Gasteiger partial charge in [-0.1, -0.05) is 48.3 Å². The van der Waals surface area contributed by atoms with Gasteiger partial charge in [-0.3, -0.25) is 9.59 Å². The highest BCUT2D eigenvalue weighted by molar-refractivity contribution is 6.42. The zero-order valence-corrected chi connectivity index (χ0v) is 18.4. The summed E-state index contributed by atoms with van der Waals surface area (Å²) < 4.78 is 5.27. The molecule has 1 atom stereocenters. The molecule has 156 valence electrons. The largest absolute Gasteiger partial charge is 0.497 e. The van der Waals surface area contributed by atoms with Crippen molar-refractivity contribution >= 4 is 35.0 Å². The highest BCUT2D eigenvalue weighted by Gasteiger charge is 2.26. The predicted molar refractivity (Wildman–Crippen MR) is 116 cm³/mol. The maximum Gasteiger partial charge on any atom is 0.242 e. The third kappa shape index (κ3) is 6.65. The van der Waals surface area contributed by atoms with E-state index < -0.39 is 6.04 Å². The Morgan fingerprint density at radius 3 is 2.52 bits per heavy atom. The molecular formula is C22H26Cl2N2O3. The molecule has 7 heteroatoms. The number of nitrogens with zero attached hydrogens (tertiary/aromatic N) is 1. The van der Waals surface area contributed by atoms with E-state index in [1.165, 1.54) is 0 Å². The van der Waals surface area contributed by atoms with E-state index >= 15 is 0 Å². The third-order valence-electron chi connectivity index (χ3n) is 4.54. The monoisotopic (exact) mass is 436 g/mol. The summed E-state index contributed by atoms with van der Waals surface area (Å²) in [5.74, 6) is 0.338. The smallest absolute Gasteiger partial charge is 0.242 e. The number of ether oxygens (including phenoxy) is 1. The molecule has 0 saturated heterocycles.